The minimum atomic E-state index is -1.63. The minimum Gasteiger partial charge on any atom is -0.479 e. The first-order valence-corrected chi connectivity index (χ1v) is 5.33. The van der Waals surface area contributed by atoms with Gasteiger partial charge in [-0.25, -0.2) is 9.59 Å². The maximum atomic E-state index is 11.6. The van der Waals surface area contributed by atoms with Crippen LogP contribution < -0.4 is 5.32 Å². The second-order valence-electron chi connectivity index (χ2n) is 4.37. The van der Waals surface area contributed by atoms with E-state index in [1.807, 2.05) is 0 Å². The summed E-state index contributed by atoms with van der Waals surface area (Å²) in [5, 5.41) is 29.3. The molecule has 0 radical (unpaired) electrons. The molecule has 0 fully saturated rings. The smallest absolute Gasteiger partial charge is 0.334 e. The second kappa shape index (κ2) is 6.41. The molecule has 0 unspecified atom stereocenters. The number of carboxylic acids is 1. The molecule has 0 heterocycles. The molecule has 2 amide bonds. The molecule has 4 N–H and O–H groups in total. The number of hydrogen-bond donors (Lipinski definition) is 4. The summed E-state index contributed by atoms with van der Waals surface area (Å²) in [7, 11) is 0. The molecule has 0 aromatic rings. The maximum Gasteiger partial charge on any atom is 0.334 e. The van der Waals surface area contributed by atoms with Crippen molar-refractivity contribution in [3.05, 3.63) is 0 Å². The lowest BCUT2D eigenvalue weighted by Gasteiger charge is -2.28. The van der Waals surface area contributed by atoms with Crippen LogP contribution in [0.2, 0.25) is 0 Å². The molecule has 100 valence electrons. The van der Waals surface area contributed by atoms with Crippen molar-refractivity contribution < 1.29 is 24.9 Å². The van der Waals surface area contributed by atoms with E-state index in [4.69, 9.17) is 10.2 Å². The van der Waals surface area contributed by atoms with Crippen molar-refractivity contribution in [3.63, 3.8) is 0 Å². The lowest BCUT2D eigenvalue weighted by molar-refractivity contribution is -0.146. The number of aliphatic hydroxyl groups excluding tert-OH is 1. The van der Waals surface area contributed by atoms with Crippen LogP contribution in [0.25, 0.3) is 0 Å². The van der Waals surface area contributed by atoms with Gasteiger partial charge in [0.2, 0.25) is 0 Å². The third kappa shape index (κ3) is 6.75. The Balaban J connectivity index is 4.23. The highest BCUT2D eigenvalue weighted by Gasteiger charge is 2.22. The number of carbonyl (C=O) groups is 2. The highest BCUT2D eigenvalue weighted by atomic mass is 16.4. The molecule has 0 aliphatic heterocycles. The topological polar surface area (TPSA) is 110 Å². The monoisotopic (exact) mass is 248 g/mol. The Morgan fingerprint density at radius 3 is 2.29 bits per heavy atom. The average molecular weight is 248 g/mol. The fourth-order valence-corrected chi connectivity index (χ4v) is 1.18. The molecule has 0 bridgehead atoms. The standard InChI is InChI=1S/C10H20N2O5/c1-4-12(6-10(2,3)17)9(16)11-5-7(13)8(14)15/h7,13,17H,4-6H2,1-3H3,(H,11,16)(H,14,15)/t7-/m0/s1. The molecule has 0 spiro atoms. The number of hydrogen-bond acceptors (Lipinski definition) is 4. The van der Waals surface area contributed by atoms with Gasteiger partial charge in [0.15, 0.2) is 6.10 Å². The third-order valence-corrected chi connectivity index (χ3v) is 1.98. The van der Waals surface area contributed by atoms with E-state index in [0.717, 1.165) is 0 Å². The Hall–Kier alpha value is -1.34. The summed E-state index contributed by atoms with van der Waals surface area (Å²) in [6.45, 7) is 5.00. The molecule has 0 saturated carbocycles. The summed E-state index contributed by atoms with van der Waals surface area (Å²) in [5.41, 5.74) is -1.03. The number of likely N-dealkylation sites (N-methyl/N-ethyl adjacent to an activating group) is 1. The lowest BCUT2D eigenvalue weighted by atomic mass is 10.1. The van der Waals surface area contributed by atoms with Gasteiger partial charge in [0.25, 0.3) is 0 Å². The fourth-order valence-electron chi connectivity index (χ4n) is 1.18. The van der Waals surface area contributed by atoms with Crippen LogP contribution in [0.1, 0.15) is 20.8 Å². The van der Waals surface area contributed by atoms with Crippen LogP contribution >= 0.6 is 0 Å². The molecule has 0 aliphatic rings. The first-order chi connectivity index (χ1) is 7.67. The number of amides is 2. The van der Waals surface area contributed by atoms with Gasteiger partial charge in [0.1, 0.15) is 0 Å². The van der Waals surface area contributed by atoms with Gasteiger partial charge in [-0.2, -0.15) is 0 Å². The quantitative estimate of drug-likeness (QED) is 0.493. The van der Waals surface area contributed by atoms with Crippen LogP contribution in [0.3, 0.4) is 0 Å². The zero-order valence-electron chi connectivity index (χ0n) is 10.3. The van der Waals surface area contributed by atoms with Gasteiger partial charge in [0, 0.05) is 6.54 Å². The van der Waals surface area contributed by atoms with Crippen LogP contribution in [0.5, 0.6) is 0 Å². The highest BCUT2D eigenvalue weighted by Crippen LogP contribution is 2.04. The molecule has 0 aliphatic carbocycles. The Kier molecular flexibility index (Phi) is 5.90. The number of urea groups is 1. The first kappa shape index (κ1) is 15.7. The van der Waals surface area contributed by atoms with E-state index >= 15 is 0 Å². The van der Waals surface area contributed by atoms with E-state index in [0.29, 0.717) is 6.54 Å². The Morgan fingerprint density at radius 2 is 1.94 bits per heavy atom. The number of carboxylic acid groups (broad SMARTS) is 1. The van der Waals surface area contributed by atoms with Gasteiger partial charge in [0.05, 0.1) is 18.7 Å². The summed E-state index contributed by atoms with van der Waals surface area (Å²) in [6, 6.07) is -0.519. The second-order valence-corrected chi connectivity index (χ2v) is 4.37. The normalized spacial score (nSPS) is 13.0. The van der Waals surface area contributed by atoms with Crippen molar-refractivity contribution in [2.45, 2.75) is 32.5 Å². The highest BCUT2D eigenvalue weighted by molar-refractivity contribution is 5.76. The van der Waals surface area contributed by atoms with E-state index < -0.39 is 23.7 Å². The minimum absolute atomic E-state index is 0.124. The Bertz CT molecular complexity index is 274. The number of nitrogens with one attached hydrogen (secondary N) is 1. The molecule has 0 saturated heterocycles. The van der Waals surface area contributed by atoms with Crippen molar-refractivity contribution in [1.82, 2.24) is 10.2 Å². The third-order valence-electron chi connectivity index (χ3n) is 1.98. The van der Waals surface area contributed by atoms with E-state index in [1.54, 1.807) is 20.8 Å². The molecule has 1 atom stereocenters. The molecule has 17 heavy (non-hydrogen) atoms. The first-order valence-electron chi connectivity index (χ1n) is 5.33. The number of aliphatic hydroxyl groups is 2. The SMILES string of the molecule is CCN(CC(C)(C)O)C(=O)NC[C@H](O)C(=O)O. The lowest BCUT2D eigenvalue weighted by Crippen LogP contribution is -2.49. The number of rotatable bonds is 6. The van der Waals surface area contributed by atoms with Gasteiger partial charge in [-0.15, -0.1) is 0 Å². The summed E-state index contributed by atoms with van der Waals surface area (Å²) < 4.78 is 0. The Labute approximate surface area is 100 Å². The average Bonchev–Trinajstić information content (AvgIpc) is 2.20. The van der Waals surface area contributed by atoms with Crippen molar-refractivity contribution in [1.29, 1.82) is 0 Å². The van der Waals surface area contributed by atoms with Crippen molar-refractivity contribution in [2.75, 3.05) is 19.6 Å². The van der Waals surface area contributed by atoms with Crippen molar-refractivity contribution >= 4 is 12.0 Å². The van der Waals surface area contributed by atoms with Gasteiger partial charge in [-0.1, -0.05) is 0 Å². The molecule has 7 heteroatoms. The molecular weight excluding hydrogens is 228 g/mol. The van der Waals surface area contributed by atoms with Crippen LogP contribution in [-0.2, 0) is 4.79 Å². The van der Waals surface area contributed by atoms with Crippen LogP contribution in [0, 0.1) is 0 Å². The summed E-state index contributed by atoms with van der Waals surface area (Å²) >= 11 is 0. The van der Waals surface area contributed by atoms with Crippen LogP contribution in [-0.4, -0.2) is 63.6 Å². The van der Waals surface area contributed by atoms with Gasteiger partial charge >= 0.3 is 12.0 Å². The molecule has 0 aromatic carbocycles. The van der Waals surface area contributed by atoms with E-state index in [9.17, 15) is 14.7 Å². The van der Waals surface area contributed by atoms with Crippen LogP contribution in [0.4, 0.5) is 4.79 Å². The Morgan fingerprint density at radius 1 is 1.41 bits per heavy atom. The molecule has 0 rings (SSSR count). The van der Waals surface area contributed by atoms with Gasteiger partial charge in [-0.05, 0) is 20.8 Å². The number of nitrogens with zero attached hydrogens (tertiary/aromatic N) is 1. The zero-order chi connectivity index (χ0) is 13.6. The maximum absolute atomic E-state index is 11.6. The number of carbonyl (C=O) groups excluding carboxylic acids is 1. The predicted octanol–water partition coefficient (Wildman–Crippen LogP) is -0.766. The van der Waals surface area contributed by atoms with Gasteiger partial charge in [-0.3, -0.25) is 0 Å². The van der Waals surface area contributed by atoms with Crippen LogP contribution in [0.15, 0.2) is 0 Å². The van der Waals surface area contributed by atoms with E-state index in [2.05, 4.69) is 5.32 Å². The van der Waals surface area contributed by atoms with Crippen molar-refractivity contribution in [3.8, 4) is 0 Å². The van der Waals surface area contributed by atoms with Gasteiger partial charge < -0.3 is 25.5 Å². The molecule has 7 nitrogen and oxygen atoms in total. The summed E-state index contributed by atoms with van der Waals surface area (Å²) in [4.78, 5) is 23.2. The van der Waals surface area contributed by atoms with E-state index in [1.165, 1.54) is 4.90 Å². The van der Waals surface area contributed by atoms with Crippen molar-refractivity contribution in [2.24, 2.45) is 0 Å². The fraction of sp³-hybridized carbons (Fsp3) is 0.800. The largest absolute Gasteiger partial charge is 0.479 e. The summed E-state index contributed by atoms with van der Waals surface area (Å²) in [5.74, 6) is -1.39. The molecular formula is C10H20N2O5. The zero-order valence-corrected chi connectivity index (χ0v) is 10.3. The predicted molar refractivity (Wildman–Crippen MR) is 60.6 cm³/mol. The number of aliphatic carboxylic acids is 1. The van der Waals surface area contributed by atoms with E-state index in [-0.39, 0.29) is 13.1 Å². The molecule has 0 aromatic heterocycles. The summed E-state index contributed by atoms with van der Waals surface area (Å²) in [6.07, 6.45) is -1.63.